The van der Waals surface area contributed by atoms with Crippen molar-refractivity contribution >= 4 is 17.7 Å². The lowest BCUT2D eigenvalue weighted by Crippen LogP contribution is -2.36. The Morgan fingerprint density at radius 3 is 2.48 bits per heavy atom. The lowest BCUT2D eigenvalue weighted by molar-refractivity contribution is -0.129. The molecule has 1 atom stereocenters. The Kier molecular flexibility index (Phi) is 6.21. The number of thioether (sulfide) groups is 1. The molecule has 0 aliphatic carbocycles. The van der Waals surface area contributed by atoms with Crippen LogP contribution in [0, 0.1) is 6.92 Å². The van der Waals surface area contributed by atoms with Gasteiger partial charge in [-0.2, -0.15) is 0 Å². The smallest absolute Gasteiger partial charge is 0.235 e. The summed E-state index contributed by atoms with van der Waals surface area (Å²) in [4.78, 5) is 14.3. The Hall–Kier alpha value is -1.82. The molecule has 1 heterocycles. The zero-order valence-electron chi connectivity index (χ0n) is 14.2. The van der Waals surface area contributed by atoms with E-state index in [1.807, 2.05) is 50.8 Å². The molecule has 0 saturated carbocycles. The highest BCUT2D eigenvalue weighted by atomic mass is 32.2. The molecule has 2 aromatic rings. The average molecular weight is 332 g/mol. The molecule has 0 saturated heterocycles. The maximum Gasteiger partial charge on any atom is 0.235 e. The first-order valence-electron chi connectivity index (χ1n) is 7.96. The maximum absolute atomic E-state index is 12.4. The Morgan fingerprint density at radius 1 is 1.22 bits per heavy atom. The third-order valence-electron chi connectivity index (χ3n) is 3.79. The summed E-state index contributed by atoms with van der Waals surface area (Å²) in [6, 6.07) is 10.2. The zero-order chi connectivity index (χ0) is 16.8. The maximum atomic E-state index is 12.4. The summed E-state index contributed by atoms with van der Waals surface area (Å²) in [7, 11) is 0. The number of hydrogen-bond acceptors (Lipinski definition) is 4. The fourth-order valence-electron chi connectivity index (χ4n) is 2.40. The number of benzene rings is 1. The van der Waals surface area contributed by atoms with E-state index in [0.29, 0.717) is 6.54 Å². The van der Waals surface area contributed by atoms with Gasteiger partial charge in [-0.25, -0.2) is 0 Å². The molecule has 0 radical (unpaired) electrons. The van der Waals surface area contributed by atoms with Gasteiger partial charge in [0, 0.05) is 13.1 Å². The first-order valence-corrected chi connectivity index (χ1v) is 8.83. The summed E-state index contributed by atoms with van der Waals surface area (Å²) in [6.45, 7) is 10.1. The second-order valence-corrected chi connectivity index (χ2v) is 6.68. The van der Waals surface area contributed by atoms with E-state index in [0.717, 1.165) is 24.1 Å². The van der Waals surface area contributed by atoms with Gasteiger partial charge in [0.15, 0.2) is 5.16 Å². The molecular formula is C17H24N4OS. The van der Waals surface area contributed by atoms with Crippen molar-refractivity contribution in [2.45, 2.75) is 44.6 Å². The molecule has 6 heteroatoms. The van der Waals surface area contributed by atoms with Gasteiger partial charge in [-0.05, 0) is 33.3 Å². The van der Waals surface area contributed by atoms with E-state index in [1.165, 1.54) is 17.3 Å². The molecule has 0 aliphatic rings. The molecule has 124 valence electrons. The number of aromatic nitrogens is 3. The normalized spacial score (nSPS) is 12.2. The van der Waals surface area contributed by atoms with Gasteiger partial charge in [0.25, 0.3) is 0 Å². The van der Waals surface area contributed by atoms with Crippen LogP contribution in [0.25, 0.3) is 0 Å². The molecule has 23 heavy (non-hydrogen) atoms. The molecule has 0 bridgehead atoms. The van der Waals surface area contributed by atoms with Crippen molar-refractivity contribution < 1.29 is 4.79 Å². The molecule has 2 rings (SSSR count). The van der Waals surface area contributed by atoms with Gasteiger partial charge in [0.05, 0.1) is 11.8 Å². The van der Waals surface area contributed by atoms with Crippen LogP contribution in [-0.4, -0.2) is 43.9 Å². The van der Waals surface area contributed by atoms with Gasteiger partial charge < -0.3 is 9.47 Å². The van der Waals surface area contributed by atoms with Gasteiger partial charge in [-0.15, -0.1) is 10.2 Å². The van der Waals surface area contributed by atoms with Crippen molar-refractivity contribution in [3.8, 4) is 0 Å². The quantitative estimate of drug-likeness (QED) is 0.732. The number of amides is 1. The fraction of sp³-hybridized carbons (Fsp3) is 0.471. The molecule has 1 aromatic carbocycles. The second-order valence-electron chi connectivity index (χ2n) is 5.37. The minimum Gasteiger partial charge on any atom is -0.342 e. The standard InChI is InChI=1S/C17H24N4OS/c1-5-20(6-2)16(22)13(3)23-17-19-18-14(4)21(17)12-15-10-8-7-9-11-15/h7-11,13H,5-6,12H2,1-4H3. The van der Waals surface area contributed by atoms with Gasteiger partial charge in [-0.3, -0.25) is 4.79 Å². The largest absolute Gasteiger partial charge is 0.342 e. The van der Waals surface area contributed by atoms with Crippen LogP contribution in [0.1, 0.15) is 32.2 Å². The van der Waals surface area contributed by atoms with Crippen LogP contribution in [-0.2, 0) is 11.3 Å². The summed E-state index contributed by atoms with van der Waals surface area (Å²) >= 11 is 1.48. The molecule has 1 unspecified atom stereocenters. The predicted molar refractivity (Wildman–Crippen MR) is 93.6 cm³/mol. The Morgan fingerprint density at radius 2 is 1.87 bits per heavy atom. The number of aryl methyl sites for hydroxylation is 1. The first-order chi connectivity index (χ1) is 11.1. The lowest BCUT2D eigenvalue weighted by atomic mass is 10.2. The van der Waals surface area contributed by atoms with Gasteiger partial charge in [-0.1, -0.05) is 42.1 Å². The summed E-state index contributed by atoms with van der Waals surface area (Å²) in [6.07, 6.45) is 0. The number of nitrogens with zero attached hydrogens (tertiary/aromatic N) is 4. The van der Waals surface area contributed by atoms with Crippen molar-refractivity contribution in [1.82, 2.24) is 19.7 Å². The van der Waals surface area contributed by atoms with Crippen molar-refractivity contribution in [2.24, 2.45) is 0 Å². The molecule has 1 amide bonds. The third-order valence-corrected chi connectivity index (χ3v) is 4.86. The van der Waals surface area contributed by atoms with Crippen molar-refractivity contribution in [1.29, 1.82) is 0 Å². The van der Waals surface area contributed by atoms with Crippen LogP contribution in [0.4, 0.5) is 0 Å². The summed E-state index contributed by atoms with van der Waals surface area (Å²) < 4.78 is 2.06. The first kappa shape index (κ1) is 17.5. The number of hydrogen-bond donors (Lipinski definition) is 0. The molecule has 0 spiro atoms. The highest BCUT2D eigenvalue weighted by molar-refractivity contribution is 8.00. The third kappa shape index (κ3) is 4.34. The zero-order valence-corrected chi connectivity index (χ0v) is 15.0. The molecule has 1 aromatic heterocycles. The van der Waals surface area contributed by atoms with Crippen molar-refractivity contribution in [3.05, 3.63) is 41.7 Å². The minimum absolute atomic E-state index is 0.145. The van der Waals surface area contributed by atoms with E-state index < -0.39 is 0 Å². The summed E-state index contributed by atoms with van der Waals surface area (Å²) in [5, 5.41) is 9.05. The summed E-state index contributed by atoms with van der Waals surface area (Å²) in [5.41, 5.74) is 1.19. The molecule has 0 fully saturated rings. The van der Waals surface area contributed by atoms with Crippen LogP contribution in [0.3, 0.4) is 0 Å². The van der Waals surface area contributed by atoms with E-state index >= 15 is 0 Å². The minimum atomic E-state index is -0.173. The van der Waals surface area contributed by atoms with Gasteiger partial charge in [0.2, 0.25) is 5.91 Å². The average Bonchev–Trinajstić information content (AvgIpc) is 2.90. The number of carbonyl (C=O) groups excluding carboxylic acids is 1. The number of carbonyl (C=O) groups is 1. The van der Waals surface area contributed by atoms with E-state index in [2.05, 4.69) is 26.9 Å². The topological polar surface area (TPSA) is 51.0 Å². The van der Waals surface area contributed by atoms with E-state index in [9.17, 15) is 4.79 Å². The molecule has 0 N–H and O–H groups in total. The monoisotopic (exact) mass is 332 g/mol. The highest BCUT2D eigenvalue weighted by Gasteiger charge is 2.22. The lowest BCUT2D eigenvalue weighted by Gasteiger charge is -2.22. The summed E-state index contributed by atoms with van der Waals surface area (Å²) in [5.74, 6) is 1.01. The Balaban J connectivity index is 2.13. The van der Waals surface area contributed by atoms with Gasteiger partial charge in [0.1, 0.15) is 5.82 Å². The molecule has 5 nitrogen and oxygen atoms in total. The van der Waals surface area contributed by atoms with E-state index in [1.54, 1.807) is 0 Å². The van der Waals surface area contributed by atoms with Crippen LogP contribution in [0.15, 0.2) is 35.5 Å². The van der Waals surface area contributed by atoms with Crippen LogP contribution < -0.4 is 0 Å². The second kappa shape index (κ2) is 8.15. The van der Waals surface area contributed by atoms with E-state index in [-0.39, 0.29) is 11.2 Å². The fourth-order valence-corrected chi connectivity index (χ4v) is 3.38. The van der Waals surface area contributed by atoms with Crippen LogP contribution >= 0.6 is 11.8 Å². The molecular weight excluding hydrogens is 308 g/mol. The van der Waals surface area contributed by atoms with Crippen LogP contribution in [0.2, 0.25) is 0 Å². The predicted octanol–water partition coefficient (Wildman–Crippen LogP) is 2.98. The number of rotatable bonds is 7. The van der Waals surface area contributed by atoms with E-state index in [4.69, 9.17) is 0 Å². The van der Waals surface area contributed by atoms with Crippen LogP contribution in [0.5, 0.6) is 0 Å². The highest BCUT2D eigenvalue weighted by Crippen LogP contribution is 2.24. The van der Waals surface area contributed by atoms with Crippen molar-refractivity contribution in [3.63, 3.8) is 0 Å². The van der Waals surface area contributed by atoms with Crippen molar-refractivity contribution in [2.75, 3.05) is 13.1 Å². The Labute approximate surface area is 142 Å². The molecule has 0 aliphatic heterocycles. The van der Waals surface area contributed by atoms with Gasteiger partial charge >= 0.3 is 0 Å². The Bertz CT molecular complexity index is 637. The SMILES string of the molecule is CCN(CC)C(=O)C(C)Sc1nnc(C)n1Cc1ccccc1.